The lowest BCUT2D eigenvalue weighted by molar-refractivity contribution is -0.141. The number of aliphatic carboxylic acids is 1. The Morgan fingerprint density at radius 3 is 2.48 bits per heavy atom. The number of rotatable bonds is 5. The molecule has 1 N–H and O–H groups in total. The van der Waals surface area contributed by atoms with Crippen molar-refractivity contribution in [2.24, 2.45) is 0 Å². The zero-order valence-electron chi connectivity index (χ0n) is 13.5. The Morgan fingerprint density at radius 2 is 1.90 bits per heavy atom. The first kappa shape index (κ1) is 16.0. The molecule has 21 heavy (non-hydrogen) atoms. The maximum absolute atomic E-state index is 11.3. The van der Waals surface area contributed by atoms with E-state index in [1.807, 2.05) is 0 Å². The summed E-state index contributed by atoms with van der Waals surface area (Å²) in [5.74, 6) is -0.677. The van der Waals surface area contributed by atoms with Gasteiger partial charge in [0.25, 0.3) is 0 Å². The van der Waals surface area contributed by atoms with Crippen molar-refractivity contribution in [2.75, 3.05) is 7.05 Å². The van der Waals surface area contributed by atoms with Crippen LogP contribution in [0.15, 0.2) is 18.2 Å². The molecule has 0 aromatic heterocycles. The molecule has 0 radical (unpaired) electrons. The number of nitrogens with zero attached hydrogens (tertiary/aromatic N) is 1. The van der Waals surface area contributed by atoms with Crippen LogP contribution in [0.4, 0.5) is 0 Å². The van der Waals surface area contributed by atoms with Gasteiger partial charge >= 0.3 is 5.97 Å². The molecule has 2 rings (SSSR count). The van der Waals surface area contributed by atoms with Crippen LogP contribution in [0.2, 0.25) is 0 Å². The number of hydrogen-bond donors (Lipinski definition) is 1. The Hall–Kier alpha value is -1.35. The number of benzene rings is 1. The van der Waals surface area contributed by atoms with Gasteiger partial charge in [0.05, 0.1) is 6.42 Å². The lowest BCUT2D eigenvalue weighted by atomic mass is 9.78. The molecule has 0 atom stereocenters. The average molecular weight is 289 g/mol. The summed E-state index contributed by atoms with van der Waals surface area (Å²) in [6.45, 7) is 5.08. The van der Waals surface area contributed by atoms with Crippen LogP contribution in [-0.2, 0) is 11.3 Å². The summed E-state index contributed by atoms with van der Waals surface area (Å²) in [6, 6.07) is 6.52. The van der Waals surface area contributed by atoms with E-state index in [9.17, 15) is 9.90 Å². The Kier molecular flexibility index (Phi) is 5.04. The van der Waals surface area contributed by atoms with E-state index in [2.05, 4.69) is 44.0 Å². The largest absolute Gasteiger partial charge is 0.481 e. The molecule has 0 spiro atoms. The Bertz CT molecular complexity index is 504. The first-order chi connectivity index (χ1) is 9.93. The van der Waals surface area contributed by atoms with E-state index < -0.39 is 5.97 Å². The van der Waals surface area contributed by atoms with Gasteiger partial charge in [-0.1, -0.05) is 43.0 Å². The third-order valence-corrected chi connectivity index (χ3v) is 4.98. The summed E-state index contributed by atoms with van der Waals surface area (Å²) in [7, 11) is 2.09. The molecular formula is C18H27NO2. The summed E-state index contributed by atoms with van der Waals surface area (Å²) in [4.78, 5) is 13.6. The van der Waals surface area contributed by atoms with Crippen LogP contribution in [-0.4, -0.2) is 28.6 Å². The van der Waals surface area contributed by atoms with Crippen LogP contribution in [0.25, 0.3) is 0 Å². The molecule has 1 saturated carbocycles. The second-order valence-electron chi connectivity index (χ2n) is 6.64. The SMILES string of the molecule is Cc1ccc(CN(C)C2(CC(=O)O)CCCCC2)c(C)c1. The monoisotopic (exact) mass is 289 g/mol. The molecule has 0 saturated heterocycles. The summed E-state index contributed by atoms with van der Waals surface area (Å²) < 4.78 is 0. The van der Waals surface area contributed by atoms with Gasteiger partial charge in [0.1, 0.15) is 0 Å². The highest BCUT2D eigenvalue weighted by molar-refractivity contribution is 5.68. The van der Waals surface area contributed by atoms with E-state index in [1.54, 1.807) is 0 Å². The highest BCUT2D eigenvalue weighted by Crippen LogP contribution is 2.36. The molecule has 116 valence electrons. The van der Waals surface area contributed by atoms with Crippen molar-refractivity contribution in [1.29, 1.82) is 0 Å². The van der Waals surface area contributed by atoms with Gasteiger partial charge in [0, 0.05) is 12.1 Å². The van der Waals surface area contributed by atoms with E-state index in [0.29, 0.717) is 0 Å². The minimum absolute atomic E-state index is 0.165. The van der Waals surface area contributed by atoms with E-state index in [4.69, 9.17) is 0 Å². The second-order valence-corrected chi connectivity index (χ2v) is 6.64. The summed E-state index contributed by atoms with van der Waals surface area (Å²) >= 11 is 0. The van der Waals surface area contributed by atoms with E-state index in [1.165, 1.54) is 23.1 Å². The van der Waals surface area contributed by atoms with Crippen molar-refractivity contribution in [3.05, 3.63) is 34.9 Å². The van der Waals surface area contributed by atoms with Gasteiger partial charge < -0.3 is 5.11 Å². The molecule has 3 heteroatoms. The van der Waals surface area contributed by atoms with E-state index >= 15 is 0 Å². The average Bonchev–Trinajstić information content (AvgIpc) is 2.42. The van der Waals surface area contributed by atoms with Crippen molar-refractivity contribution in [3.63, 3.8) is 0 Å². The van der Waals surface area contributed by atoms with Crippen LogP contribution in [0.1, 0.15) is 55.2 Å². The molecule has 3 nitrogen and oxygen atoms in total. The van der Waals surface area contributed by atoms with Crippen LogP contribution in [0.5, 0.6) is 0 Å². The smallest absolute Gasteiger partial charge is 0.305 e. The van der Waals surface area contributed by atoms with Gasteiger partial charge in [-0.25, -0.2) is 0 Å². The molecule has 0 bridgehead atoms. The fourth-order valence-corrected chi connectivity index (χ4v) is 3.63. The maximum Gasteiger partial charge on any atom is 0.305 e. The summed E-state index contributed by atoms with van der Waals surface area (Å²) in [5.41, 5.74) is 3.71. The van der Waals surface area contributed by atoms with Gasteiger partial charge in [-0.3, -0.25) is 9.69 Å². The standard InChI is InChI=1S/C18H27NO2/c1-14-7-8-16(15(2)11-14)13-19(3)18(12-17(20)21)9-5-4-6-10-18/h7-8,11H,4-6,9-10,12-13H2,1-3H3,(H,20,21). The predicted octanol–water partition coefficient (Wildman–Crippen LogP) is 3.91. The summed E-state index contributed by atoms with van der Waals surface area (Å²) in [5, 5.41) is 9.31. The number of aryl methyl sites for hydroxylation is 2. The molecule has 1 aromatic rings. The molecule has 1 fully saturated rings. The zero-order valence-corrected chi connectivity index (χ0v) is 13.5. The van der Waals surface area contributed by atoms with Gasteiger partial charge in [-0.15, -0.1) is 0 Å². The van der Waals surface area contributed by atoms with Gasteiger partial charge in [0.15, 0.2) is 0 Å². The Labute approximate surface area is 128 Å². The van der Waals surface area contributed by atoms with Crippen LogP contribution < -0.4 is 0 Å². The molecule has 0 heterocycles. The zero-order chi connectivity index (χ0) is 15.5. The van der Waals surface area contributed by atoms with Gasteiger partial charge in [-0.2, -0.15) is 0 Å². The van der Waals surface area contributed by atoms with E-state index in [-0.39, 0.29) is 12.0 Å². The minimum Gasteiger partial charge on any atom is -0.481 e. The molecule has 1 aliphatic carbocycles. The fraction of sp³-hybridized carbons (Fsp3) is 0.611. The Balaban J connectivity index is 2.17. The first-order valence-corrected chi connectivity index (χ1v) is 7.92. The van der Waals surface area contributed by atoms with E-state index in [0.717, 1.165) is 32.2 Å². The van der Waals surface area contributed by atoms with Crippen molar-refractivity contribution in [3.8, 4) is 0 Å². The first-order valence-electron chi connectivity index (χ1n) is 7.92. The quantitative estimate of drug-likeness (QED) is 0.893. The molecule has 1 aromatic carbocycles. The maximum atomic E-state index is 11.3. The molecular weight excluding hydrogens is 262 g/mol. The topological polar surface area (TPSA) is 40.5 Å². The van der Waals surface area contributed by atoms with Crippen LogP contribution >= 0.6 is 0 Å². The van der Waals surface area contributed by atoms with Crippen molar-refractivity contribution in [1.82, 2.24) is 4.90 Å². The fourth-order valence-electron chi connectivity index (χ4n) is 3.63. The van der Waals surface area contributed by atoms with Crippen LogP contribution in [0.3, 0.4) is 0 Å². The molecule has 0 aliphatic heterocycles. The normalized spacial score (nSPS) is 17.9. The summed E-state index contributed by atoms with van der Waals surface area (Å²) in [6.07, 6.45) is 5.78. The molecule has 0 unspecified atom stereocenters. The van der Waals surface area contributed by atoms with Crippen molar-refractivity contribution >= 4 is 5.97 Å². The highest BCUT2D eigenvalue weighted by atomic mass is 16.4. The lowest BCUT2D eigenvalue weighted by Crippen LogP contribution is -2.49. The highest BCUT2D eigenvalue weighted by Gasteiger charge is 2.38. The third kappa shape index (κ3) is 3.85. The number of carboxylic acids is 1. The number of hydrogen-bond acceptors (Lipinski definition) is 2. The number of carboxylic acid groups (broad SMARTS) is 1. The lowest BCUT2D eigenvalue weighted by Gasteiger charge is -2.44. The van der Waals surface area contributed by atoms with Crippen molar-refractivity contribution < 1.29 is 9.90 Å². The predicted molar refractivity (Wildman–Crippen MR) is 85.5 cm³/mol. The van der Waals surface area contributed by atoms with Gasteiger partial charge in [0.2, 0.25) is 0 Å². The van der Waals surface area contributed by atoms with Crippen molar-refractivity contribution in [2.45, 2.75) is 64.5 Å². The number of carbonyl (C=O) groups is 1. The minimum atomic E-state index is -0.677. The molecule has 0 amide bonds. The molecule has 1 aliphatic rings. The third-order valence-electron chi connectivity index (χ3n) is 4.98. The second kappa shape index (κ2) is 6.61. The Morgan fingerprint density at radius 1 is 1.24 bits per heavy atom. The van der Waals surface area contributed by atoms with Crippen LogP contribution in [0, 0.1) is 13.8 Å². The van der Waals surface area contributed by atoms with Gasteiger partial charge in [-0.05, 0) is 44.9 Å².